The van der Waals surface area contributed by atoms with Gasteiger partial charge in [-0.05, 0) is 42.0 Å². The molecular formula is C23H18N4O2S. The van der Waals surface area contributed by atoms with E-state index in [2.05, 4.69) is 11.1 Å². The van der Waals surface area contributed by atoms with Crippen LogP contribution in [0.5, 0.6) is 0 Å². The van der Waals surface area contributed by atoms with Gasteiger partial charge in [0.05, 0.1) is 33.9 Å². The molecule has 0 saturated carbocycles. The van der Waals surface area contributed by atoms with Crippen molar-refractivity contribution < 1.29 is 9.53 Å². The van der Waals surface area contributed by atoms with Gasteiger partial charge in [0.2, 0.25) is 0 Å². The number of fused-ring (bicyclic) bond motifs is 2. The summed E-state index contributed by atoms with van der Waals surface area (Å²) in [5.41, 5.74) is 5.02. The number of carbonyl (C=O) groups is 1. The van der Waals surface area contributed by atoms with E-state index in [0.29, 0.717) is 5.69 Å². The lowest BCUT2D eigenvalue weighted by molar-refractivity contribution is 0.0590. The first-order valence-corrected chi connectivity index (χ1v) is 10.2. The van der Waals surface area contributed by atoms with Gasteiger partial charge in [0.15, 0.2) is 0 Å². The van der Waals surface area contributed by atoms with Crippen molar-refractivity contribution in [1.29, 1.82) is 0 Å². The van der Waals surface area contributed by atoms with Gasteiger partial charge in [-0.1, -0.05) is 24.3 Å². The van der Waals surface area contributed by atoms with Crippen LogP contribution in [0, 0.1) is 0 Å². The van der Waals surface area contributed by atoms with E-state index in [1.807, 2.05) is 67.9 Å². The zero-order valence-electron chi connectivity index (χ0n) is 16.4. The highest BCUT2D eigenvalue weighted by atomic mass is 32.1. The summed E-state index contributed by atoms with van der Waals surface area (Å²) in [6, 6.07) is 17.8. The lowest BCUT2D eigenvalue weighted by atomic mass is 10.1. The molecule has 0 aliphatic heterocycles. The third-order valence-electron chi connectivity index (χ3n) is 4.90. The molecule has 0 bridgehead atoms. The molecule has 2 aromatic carbocycles. The second-order valence-corrected chi connectivity index (χ2v) is 7.94. The van der Waals surface area contributed by atoms with Gasteiger partial charge in [-0.3, -0.25) is 0 Å². The van der Waals surface area contributed by atoms with Gasteiger partial charge in [0, 0.05) is 13.2 Å². The fraction of sp³-hybridized carbons (Fsp3) is 0.0870. The number of rotatable bonds is 4. The Morgan fingerprint density at radius 2 is 1.87 bits per heavy atom. The van der Waals surface area contributed by atoms with Crippen LogP contribution in [0.2, 0.25) is 0 Å². The van der Waals surface area contributed by atoms with E-state index in [4.69, 9.17) is 14.7 Å². The van der Waals surface area contributed by atoms with Crippen molar-refractivity contribution in [2.75, 3.05) is 7.11 Å². The minimum atomic E-state index is -0.373. The van der Waals surface area contributed by atoms with Gasteiger partial charge in [-0.15, -0.1) is 11.3 Å². The third-order valence-corrected chi connectivity index (χ3v) is 5.97. The number of imidazole rings is 1. The van der Waals surface area contributed by atoms with E-state index < -0.39 is 0 Å². The highest BCUT2D eigenvalue weighted by molar-refractivity contribution is 7.19. The van der Waals surface area contributed by atoms with E-state index >= 15 is 0 Å². The van der Waals surface area contributed by atoms with E-state index in [1.165, 1.54) is 7.11 Å². The van der Waals surface area contributed by atoms with Crippen molar-refractivity contribution >= 4 is 50.2 Å². The SMILES string of the molecule is COC(=O)c1cc(C=C(c2nc3ccccc3[nH]2)c2nc3ccccc3s2)cn1C. The van der Waals surface area contributed by atoms with Crippen LogP contribution in [0.3, 0.4) is 0 Å². The normalized spacial score (nSPS) is 12.0. The summed E-state index contributed by atoms with van der Waals surface area (Å²) in [4.78, 5) is 25.0. The molecule has 0 amide bonds. The summed E-state index contributed by atoms with van der Waals surface area (Å²) >= 11 is 1.61. The maximum Gasteiger partial charge on any atom is 0.354 e. The smallest absolute Gasteiger partial charge is 0.354 e. The average Bonchev–Trinajstić information content (AvgIpc) is 3.47. The number of benzene rings is 2. The van der Waals surface area contributed by atoms with Crippen LogP contribution in [0.15, 0.2) is 60.8 Å². The second kappa shape index (κ2) is 7.27. The Labute approximate surface area is 176 Å². The van der Waals surface area contributed by atoms with Crippen molar-refractivity contribution in [1.82, 2.24) is 19.5 Å². The number of aryl methyl sites for hydroxylation is 1. The maximum absolute atomic E-state index is 12.0. The second-order valence-electron chi connectivity index (χ2n) is 6.91. The zero-order chi connectivity index (χ0) is 20.7. The first-order valence-electron chi connectivity index (χ1n) is 9.40. The molecule has 0 saturated heterocycles. The zero-order valence-corrected chi connectivity index (χ0v) is 17.2. The molecule has 0 unspecified atom stereocenters. The molecule has 0 fully saturated rings. The van der Waals surface area contributed by atoms with Crippen LogP contribution in [-0.4, -0.2) is 32.6 Å². The molecule has 0 spiro atoms. The molecular weight excluding hydrogens is 396 g/mol. The Morgan fingerprint density at radius 1 is 1.10 bits per heavy atom. The third kappa shape index (κ3) is 3.19. The van der Waals surface area contributed by atoms with Crippen molar-refractivity contribution in [2.45, 2.75) is 0 Å². The molecule has 3 aromatic heterocycles. The number of hydrogen-bond acceptors (Lipinski definition) is 5. The molecule has 148 valence electrons. The van der Waals surface area contributed by atoms with Gasteiger partial charge in [-0.2, -0.15) is 0 Å². The Bertz CT molecular complexity index is 1280. The predicted molar refractivity (Wildman–Crippen MR) is 119 cm³/mol. The molecule has 5 aromatic rings. The van der Waals surface area contributed by atoms with Gasteiger partial charge >= 0.3 is 5.97 Å². The van der Waals surface area contributed by atoms with Gasteiger partial charge in [0.25, 0.3) is 0 Å². The summed E-state index contributed by atoms with van der Waals surface area (Å²) in [7, 11) is 3.20. The summed E-state index contributed by atoms with van der Waals surface area (Å²) in [6.45, 7) is 0. The lowest BCUT2D eigenvalue weighted by Crippen LogP contribution is -2.06. The summed E-state index contributed by atoms with van der Waals surface area (Å²) in [5.74, 6) is 0.362. The topological polar surface area (TPSA) is 72.8 Å². The van der Waals surface area contributed by atoms with E-state index in [0.717, 1.165) is 43.2 Å². The molecule has 0 aliphatic carbocycles. The first-order chi connectivity index (χ1) is 14.6. The number of methoxy groups -OCH3 is 1. The average molecular weight is 414 g/mol. The number of nitrogens with zero attached hydrogens (tertiary/aromatic N) is 3. The number of H-pyrrole nitrogens is 1. The maximum atomic E-state index is 12.0. The largest absolute Gasteiger partial charge is 0.464 e. The van der Waals surface area contributed by atoms with Crippen LogP contribution >= 0.6 is 11.3 Å². The Morgan fingerprint density at radius 3 is 2.63 bits per heavy atom. The molecule has 3 heterocycles. The fourth-order valence-corrected chi connectivity index (χ4v) is 4.43. The number of esters is 1. The fourth-order valence-electron chi connectivity index (χ4n) is 3.44. The molecule has 1 N–H and O–H groups in total. The Hall–Kier alpha value is -3.71. The summed E-state index contributed by atoms with van der Waals surface area (Å²) < 4.78 is 7.74. The van der Waals surface area contributed by atoms with Crippen molar-refractivity contribution in [2.24, 2.45) is 7.05 Å². The highest BCUT2D eigenvalue weighted by Gasteiger charge is 2.17. The Balaban J connectivity index is 1.70. The van der Waals surface area contributed by atoms with Crippen molar-refractivity contribution in [3.05, 3.63) is 82.9 Å². The molecule has 7 heteroatoms. The Kier molecular flexibility index (Phi) is 4.44. The molecule has 5 rings (SSSR count). The number of aromatic amines is 1. The van der Waals surface area contributed by atoms with Crippen LogP contribution in [0.25, 0.3) is 32.9 Å². The number of para-hydroxylation sites is 3. The van der Waals surface area contributed by atoms with Gasteiger partial charge in [-0.25, -0.2) is 14.8 Å². The molecule has 0 atom stereocenters. The molecule has 30 heavy (non-hydrogen) atoms. The number of ether oxygens (including phenoxy) is 1. The number of nitrogens with one attached hydrogen (secondary N) is 1. The number of hydrogen-bond donors (Lipinski definition) is 1. The quantitative estimate of drug-likeness (QED) is 0.425. The van der Waals surface area contributed by atoms with E-state index in [1.54, 1.807) is 15.9 Å². The number of aromatic nitrogens is 4. The van der Waals surface area contributed by atoms with E-state index in [-0.39, 0.29) is 5.97 Å². The minimum Gasteiger partial charge on any atom is -0.464 e. The van der Waals surface area contributed by atoms with Crippen molar-refractivity contribution in [3.63, 3.8) is 0 Å². The summed E-state index contributed by atoms with van der Waals surface area (Å²) in [6.07, 6.45) is 3.89. The highest BCUT2D eigenvalue weighted by Crippen LogP contribution is 2.32. The van der Waals surface area contributed by atoms with Crippen molar-refractivity contribution in [3.8, 4) is 0 Å². The van der Waals surface area contributed by atoms with Gasteiger partial charge < -0.3 is 14.3 Å². The standard InChI is InChI=1S/C23H18N4O2S/c1-27-13-14(12-19(27)23(28)29-2)11-15(21-24-16-7-3-4-8-17(16)25-21)22-26-18-9-5-6-10-20(18)30-22/h3-13H,1-2H3,(H,24,25). The number of carbonyl (C=O) groups excluding carboxylic acids is 1. The minimum absolute atomic E-state index is 0.373. The van der Waals surface area contributed by atoms with Crippen LogP contribution in [0.4, 0.5) is 0 Å². The molecule has 0 radical (unpaired) electrons. The first kappa shape index (κ1) is 18.3. The van der Waals surface area contributed by atoms with Crippen LogP contribution in [0.1, 0.15) is 26.9 Å². The summed E-state index contributed by atoms with van der Waals surface area (Å²) in [5, 5.41) is 0.860. The monoisotopic (exact) mass is 414 g/mol. The molecule has 6 nitrogen and oxygen atoms in total. The van der Waals surface area contributed by atoms with E-state index in [9.17, 15) is 4.79 Å². The van der Waals surface area contributed by atoms with Crippen LogP contribution < -0.4 is 0 Å². The van der Waals surface area contributed by atoms with Gasteiger partial charge in [0.1, 0.15) is 16.5 Å². The molecule has 0 aliphatic rings. The predicted octanol–water partition coefficient (Wildman–Crippen LogP) is 4.89. The number of thiazole rings is 1. The lowest BCUT2D eigenvalue weighted by Gasteiger charge is -2.00. The van der Waals surface area contributed by atoms with Crippen LogP contribution in [-0.2, 0) is 11.8 Å².